The molecule has 37 heavy (non-hydrogen) atoms. The van der Waals surface area contributed by atoms with E-state index in [9.17, 15) is 22.4 Å². The highest BCUT2D eigenvalue weighted by Gasteiger charge is 2.37. The average Bonchev–Trinajstić information content (AvgIpc) is 3.24. The third-order valence-corrected chi connectivity index (χ3v) is 6.56. The summed E-state index contributed by atoms with van der Waals surface area (Å²) in [5, 5.41) is 6.45. The second kappa shape index (κ2) is 9.55. The van der Waals surface area contributed by atoms with E-state index in [0.717, 1.165) is 33.7 Å². The molecule has 1 unspecified atom stereocenters. The molecule has 4 aromatic rings. The number of allylic oxidation sites excluding steroid dienone is 2. The van der Waals surface area contributed by atoms with Gasteiger partial charge in [0.05, 0.1) is 17.9 Å². The standard InChI is InChI=1S/C28H23F4N3O2/c1-16-9-22-13-21(15-37-2)34-35(22)27(19-5-6-23(24(29)12-19)28(30,31)32)26(16)25(36)11-17-3-4-20-14-33-8-7-18(20)10-17/h3-8,10,12-14,27H,9,11,15H2,1-2H3. The molecule has 0 bridgehead atoms. The van der Waals surface area contributed by atoms with Crippen molar-refractivity contribution in [2.24, 2.45) is 0 Å². The van der Waals surface area contributed by atoms with Gasteiger partial charge in [0, 0.05) is 49.0 Å². The number of ether oxygens (including phenoxy) is 1. The van der Waals surface area contributed by atoms with Crippen molar-refractivity contribution in [3.8, 4) is 0 Å². The van der Waals surface area contributed by atoms with E-state index in [1.165, 1.54) is 13.2 Å². The number of nitrogens with zero attached hydrogens (tertiary/aromatic N) is 3. The minimum Gasteiger partial charge on any atom is -0.378 e. The molecule has 5 nitrogen and oxygen atoms in total. The molecule has 1 aliphatic heterocycles. The number of pyridine rings is 1. The van der Waals surface area contributed by atoms with Gasteiger partial charge < -0.3 is 4.74 Å². The molecule has 2 aromatic carbocycles. The number of rotatable bonds is 6. The minimum absolute atomic E-state index is 0.0755. The second-order valence-corrected chi connectivity index (χ2v) is 9.17. The Balaban J connectivity index is 1.58. The van der Waals surface area contributed by atoms with Gasteiger partial charge in [0.25, 0.3) is 0 Å². The maximum absolute atomic E-state index is 14.6. The summed E-state index contributed by atoms with van der Waals surface area (Å²) in [5.41, 5.74) is 2.18. The molecule has 0 radical (unpaired) electrons. The maximum Gasteiger partial charge on any atom is 0.419 e. The molecule has 0 fully saturated rings. The molecule has 2 aromatic heterocycles. The quantitative estimate of drug-likeness (QED) is 0.299. The van der Waals surface area contributed by atoms with E-state index in [2.05, 4.69) is 10.1 Å². The summed E-state index contributed by atoms with van der Waals surface area (Å²) >= 11 is 0. The van der Waals surface area contributed by atoms with Crippen LogP contribution in [0.3, 0.4) is 0 Å². The number of benzene rings is 2. The number of ketones is 1. The van der Waals surface area contributed by atoms with Crippen LogP contribution < -0.4 is 0 Å². The molecule has 0 N–H and O–H groups in total. The molecule has 9 heteroatoms. The molecule has 5 rings (SSSR count). The summed E-state index contributed by atoms with van der Waals surface area (Å²) in [6.07, 6.45) is -0.908. The average molecular weight is 510 g/mol. The zero-order chi connectivity index (χ0) is 26.3. The van der Waals surface area contributed by atoms with Crippen molar-refractivity contribution in [2.75, 3.05) is 7.11 Å². The van der Waals surface area contributed by atoms with Crippen molar-refractivity contribution < 1.29 is 27.1 Å². The Morgan fingerprint density at radius 3 is 2.65 bits per heavy atom. The normalized spacial score (nSPS) is 15.8. The number of carbonyl (C=O) groups is 1. The van der Waals surface area contributed by atoms with E-state index in [1.54, 1.807) is 17.1 Å². The van der Waals surface area contributed by atoms with Gasteiger partial charge in [0.1, 0.15) is 11.9 Å². The molecular formula is C28H23F4N3O2. The Morgan fingerprint density at radius 2 is 1.92 bits per heavy atom. The van der Waals surface area contributed by atoms with Gasteiger partial charge in [-0.05, 0) is 47.7 Å². The van der Waals surface area contributed by atoms with E-state index in [0.29, 0.717) is 23.8 Å². The lowest BCUT2D eigenvalue weighted by Crippen LogP contribution is -2.28. The molecule has 0 saturated heterocycles. The summed E-state index contributed by atoms with van der Waals surface area (Å²) in [5.74, 6) is -1.60. The third kappa shape index (κ3) is 4.79. The Labute approximate surface area is 210 Å². The monoisotopic (exact) mass is 509 g/mol. The lowest BCUT2D eigenvalue weighted by Gasteiger charge is -2.29. The van der Waals surface area contributed by atoms with Crippen LogP contribution in [-0.2, 0) is 35.2 Å². The van der Waals surface area contributed by atoms with Crippen molar-refractivity contribution in [1.82, 2.24) is 14.8 Å². The van der Waals surface area contributed by atoms with E-state index in [4.69, 9.17) is 4.74 Å². The fourth-order valence-corrected chi connectivity index (χ4v) is 4.94. The van der Waals surface area contributed by atoms with Crippen LogP contribution in [0.4, 0.5) is 17.6 Å². The number of fused-ring (bicyclic) bond motifs is 2. The number of hydrogen-bond acceptors (Lipinski definition) is 4. The highest BCUT2D eigenvalue weighted by atomic mass is 19.4. The summed E-state index contributed by atoms with van der Waals surface area (Å²) in [4.78, 5) is 17.8. The van der Waals surface area contributed by atoms with Gasteiger partial charge in [-0.3, -0.25) is 14.5 Å². The van der Waals surface area contributed by atoms with E-state index in [-0.39, 0.29) is 24.4 Å². The van der Waals surface area contributed by atoms with Gasteiger partial charge in [0.2, 0.25) is 0 Å². The van der Waals surface area contributed by atoms with Crippen LogP contribution in [0.15, 0.2) is 72.1 Å². The molecule has 190 valence electrons. The van der Waals surface area contributed by atoms with Gasteiger partial charge >= 0.3 is 6.18 Å². The zero-order valence-corrected chi connectivity index (χ0v) is 20.1. The van der Waals surface area contributed by atoms with Gasteiger partial charge in [-0.1, -0.05) is 29.8 Å². The lowest BCUT2D eigenvalue weighted by atomic mass is 9.85. The second-order valence-electron chi connectivity index (χ2n) is 9.17. The van der Waals surface area contributed by atoms with Gasteiger partial charge in [-0.25, -0.2) is 4.39 Å². The number of aromatic nitrogens is 3. The summed E-state index contributed by atoms with van der Waals surface area (Å²) in [6, 6.07) is 11.3. The maximum atomic E-state index is 14.6. The number of methoxy groups -OCH3 is 1. The molecule has 1 atom stereocenters. The Kier molecular flexibility index (Phi) is 6.41. The Hall–Kier alpha value is -3.85. The predicted octanol–water partition coefficient (Wildman–Crippen LogP) is 6.01. The SMILES string of the molecule is COCc1cc2n(n1)C(c1ccc(C(F)(F)F)c(F)c1)C(C(=O)Cc1ccc3cnccc3c1)=C(C)C2. The first-order chi connectivity index (χ1) is 17.7. The number of halogens is 4. The van der Waals surface area contributed by atoms with Crippen LogP contribution in [0.25, 0.3) is 10.8 Å². The number of Topliss-reactive ketones (excluding diaryl/α,β-unsaturated/α-hetero) is 1. The minimum atomic E-state index is -4.83. The van der Waals surface area contributed by atoms with Crippen LogP contribution in [0.2, 0.25) is 0 Å². The van der Waals surface area contributed by atoms with Crippen molar-refractivity contribution in [3.63, 3.8) is 0 Å². The third-order valence-electron chi connectivity index (χ3n) is 6.56. The zero-order valence-electron chi connectivity index (χ0n) is 20.1. The fourth-order valence-electron chi connectivity index (χ4n) is 4.94. The van der Waals surface area contributed by atoms with Crippen molar-refractivity contribution in [2.45, 2.75) is 38.6 Å². The largest absolute Gasteiger partial charge is 0.419 e. The van der Waals surface area contributed by atoms with Crippen molar-refractivity contribution >= 4 is 16.6 Å². The molecule has 0 saturated carbocycles. The van der Waals surface area contributed by atoms with Crippen LogP contribution in [-0.4, -0.2) is 27.7 Å². The molecule has 1 aliphatic rings. The summed E-state index contributed by atoms with van der Waals surface area (Å²) in [6.45, 7) is 2.04. The van der Waals surface area contributed by atoms with Crippen LogP contribution in [0, 0.1) is 5.82 Å². The van der Waals surface area contributed by atoms with E-state index in [1.807, 2.05) is 37.3 Å². The van der Waals surface area contributed by atoms with E-state index >= 15 is 0 Å². The number of hydrogen-bond donors (Lipinski definition) is 0. The first-order valence-corrected chi connectivity index (χ1v) is 11.6. The summed E-state index contributed by atoms with van der Waals surface area (Å²) in [7, 11) is 1.53. The molecule has 0 aliphatic carbocycles. The van der Waals surface area contributed by atoms with Gasteiger partial charge in [0.15, 0.2) is 5.78 Å². The smallest absolute Gasteiger partial charge is 0.378 e. The molecule has 3 heterocycles. The highest BCUT2D eigenvalue weighted by Crippen LogP contribution is 2.39. The topological polar surface area (TPSA) is 57.0 Å². The molecular weight excluding hydrogens is 486 g/mol. The Morgan fingerprint density at radius 1 is 1.11 bits per heavy atom. The Bertz CT molecular complexity index is 1540. The van der Waals surface area contributed by atoms with Crippen LogP contribution in [0.5, 0.6) is 0 Å². The van der Waals surface area contributed by atoms with Gasteiger partial charge in [-0.15, -0.1) is 0 Å². The molecule has 0 spiro atoms. The first-order valence-electron chi connectivity index (χ1n) is 11.6. The van der Waals surface area contributed by atoms with Crippen molar-refractivity contribution in [1.29, 1.82) is 0 Å². The molecule has 0 amide bonds. The summed E-state index contributed by atoms with van der Waals surface area (Å²) < 4.78 is 61.1. The lowest BCUT2D eigenvalue weighted by molar-refractivity contribution is -0.140. The van der Waals surface area contributed by atoms with Crippen LogP contribution >= 0.6 is 0 Å². The van der Waals surface area contributed by atoms with Crippen LogP contribution in [0.1, 0.15) is 41.0 Å². The number of alkyl halides is 3. The van der Waals surface area contributed by atoms with E-state index < -0.39 is 23.6 Å². The number of carbonyl (C=O) groups excluding carboxylic acids is 1. The fraction of sp³-hybridized carbons (Fsp3) is 0.250. The highest BCUT2D eigenvalue weighted by molar-refractivity contribution is 5.99. The van der Waals surface area contributed by atoms with Gasteiger partial charge in [-0.2, -0.15) is 18.3 Å². The van der Waals surface area contributed by atoms with Crippen molar-refractivity contribution in [3.05, 3.63) is 106 Å². The predicted molar refractivity (Wildman–Crippen MR) is 129 cm³/mol. The first kappa shape index (κ1) is 24.8.